The fourth-order valence-corrected chi connectivity index (χ4v) is 5.15. The predicted molar refractivity (Wildman–Crippen MR) is 108 cm³/mol. The van der Waals surface area contributed by atoms with E-state index in [0.29, 0.717) is 27.3 Å². The number of hydrogen-bond acceptors (Lipinski definition) is 9. The number of thioether (sulfide) groups is 1. The molecular weight excluding hydrogens is 400 g/mol. The zero-order valence-electron chi connectivity index (χ0n) is 15.9. The Morgan fingerprint density at radius 3 is 2.57 bits per heavy atom. The van der Waals surface area contributed by atoms with Gasteiger partial charge in [-0.15, -0.1) is 16.4 Å². The molecule has 0 amide bonds. The normalized spacial score (nSPS) is 14.4. The molecule has 0 spiro atoms. The predicted octanol–water partition coefficient (Wildman–Crippen LogP) is 3.75. The molecule has 0 radical (unpaired) electrons. The number of nitrogen functional groups attached to an aromatic ring is 1. The fraction of sp³-hybridized carbons (Fsp3) is 0.556. The second-order valence-electron chi connectivity index (χ2n) is 6.36. The molecule has 1 aliphatic carbocycles. The molecule has 1 fully saturated rings. The summed E-state index contributed by atoms with van der Waals surface area (Å²) < 4.78 is 10.2. The molecule has 0 bridgehead atoms. The van der Waals surface area contributed by atoms with Gasteiger partial charge in [0, 0.05) is 17.2 Å². The minimum Gasteiger partial charge on any atom is -0.462 e. The van der Waals surface area contributed by atoms with E-state index in [1.165, 1.54) is 24.6 Å². The number of carbonyl (C=O) groups is 2. The Labute approximate surface area is 171 Å². The van der Waals surface area contributed by atoms with Gasteiger partial charge in [-0.05, 0) is 26.7 Å². The molecule has 0 aromatic carbocycles. The van der Waals surface area contributed by atoms with Gasteiger partial charge in [-0.1, -0.05) is 24.6 Å². The highest BCUT2D eigenvalue weighted by atomic mass is 32.2. The number of nitrogens with two attached hydrogens (primary N) is 1. The first-order valence-corrected chi connectivity index (χ1v) is 11.2. The molecule has 0 atom stereocenters. The molecule has 3 N–H and O–H groups in total. The number of rotatable bonds is 8. The third kappa shape index (κ3) is 4.49. The van der Waals surface area contributed by atoms with Crippen LogP contribution in [0.15, 0.2) is 5.16 Å². The lowest BCUT2D eigenvalue weighted by Gasteiger charge is -2.06. The van der Waals surface area contributed by atoms with Gasteiger partial charge in [-0.2, -0.15) is 0 Å². The third-order valence-electron chi connectivity index (χ3n) is 4.54. The van der Waals surface area contributed by atoms with E-state index in [4.69, 9.17) is 15.2 Å². The summed E-state index contributed by atoms with van der Waals surface area (Å²) in [7, 11) is 0. The maximum absolute atomic E-state index is 12.4. The maximum atomic E-state index is 12.4. The summed E-state index contributed by atoms with van der Waals surface area (Å²) in [6.45, 7) is 3.91. The van der Waals surface area contributed by atoms with Gasteiger partial charge in [-0.25, -0.2) is 14.6 Å². The average Bonchev–Trinajstić information content (AvgIpc) is 3.40. The highest BCUT2D eigenvalue weighted by molar-refractivity contribution is 7.98. The molecule has 0 aliphatic heterocycles. The van der Waals surface area contributed by atoms with Crippen LogP contribution in [0.2, 0.25) is 0 Å². The summed E-state index contributed by atoms with van der Waals surface area (Å²) in [5, 5.41) is 8.12. The molecule has 2 heterocycles. The minimum absolute atomic E-state index is 0.223. The van der Waals surface area contributed by atoms with Crippen LogP contribution in [0.4, 0.5) is 5.00 Å². The zero-order chi connectivity index (χ0) is 20.1. The van der Waals surface area contributed by atoms with Gasteiger partial charge < -0.3 is 15.2 Å². The van der Waals surface area contributed by atoms with Crippen LogP contribution in [-0.2, 0) is 15.2 Å². The molecule has 2 aromatic rings. The molecule has 152 valence electrons. The van der Waals surface area contributed by atoms with E-state index < -0.39 is 11.9 Å². The Hall–Kier alpha value is -2.07. The van der Waals surface area contributed by atoms with Crippen LogP contribution < -0.4 is 5.73 Å². The highest BCUT2D eigenvalue weighted by Crippen LogP contribution is 2.37. The highest BCUT2D eigenvalue weighted by Gasteiger charge is 2.28. The van der Waals surface area contributed by atoms with Gasteiger partial charge in [0.1, 0.15) is 15.7 Å². The lowest BCUT2D eigenvalue weighted by Crippen LogP contribution is -2.11. The SMILES string of the molecule is CCOC(=O)c1sc(N)c(C(=O)OCC)c1CSc1n[nH]c(C2CCCC2)n1. The number of anilines is 1. The summed E-state index contributed by atoms with van der Waals surface area (Å²) in [5.74, 6) is 0.624. The quantitative estimate of drug-likeness (QED) is 0.485. The second kappa shape index (κ2) is 9.42. The van der Waals surface area contributed by atoms with E-state index in [0.717, 1.165) is 30.0 Å². The van der Waals surface area contributed by atoms with E-state index in [2.05, 4.69) is 15.2 Å². The molecule has 28 heavy (non-hydrogen) atoms. The number of hydrogen-bond donors (Lipinski definition) is 2. The zero-order valence-corrected chi connectivity index (χ0v) is 17.6. The molecule has 1 aliphatic rings. The van der Waals surface area contributed by atoms with Crippen molar-refractivity contribution >= 4 is 40.0 Å². The van der Waals surface area contributed by atoms with E-state index in [1.807, 2.05) is 0 Å². The first-order valence-electron chi connectivity index (χ1n) is 9.35. The number of carbonyl (C=O) groups excluding carboxylic acids is 2. The number of H-pyrrole nitrogens is 1. The lowest BCUT2D eigenvalue weighted by molar-refractivity contribution is 0.0527. The number of aromatic nitrogens is 3. The van der Waals surface area contributed by atoms with Crippen LogP contribution in [-0.4, -0.2) is 40.3 Å². The first kappa shape index (κ1) is 20.7. The summed E-state index contributed by atoms with van der Waals surface area (Å²) in [5.41, 5.74) is 6.77. The summed E-state index contributed by atoms with van der Waals surface area (Å²) in [4.78, 5) is 29.6. The van der Waals surface area contributed by atoms with E-state index in [1.54, 1.807) is 13.8 Å². The topological polar surface area (TPSA) is 120 Å². The molecule has 3 rings (SSSR count). The van der Waals surface area contributed by atoms with Crippen molar-refractivity contribution in [1.82, 2.24) is 15.2 Å². The number of aromatic amines is 1. The van der Waals surface area contributed by atoms with Crippen molar-refractivity contribution in [2.45, 2.75) is 56.4 Å². The van der Waals surface area contributed by atoms with Crippen LogP contribution in [0, 0.1) is 0 Å². The first-order chi connectivity index (χ1) is 13.5. The number of ether oxygens (including phenoxy) is 2. The number of nitrogens with one attached hydrogen (secondary N) is 1. The van der Waals surface area contributed by atoms with Crippen molar-refractivity contribution < 1.29 is 19.1 Å². The average molecular weight is 425 g/mol. The molecule has 0 unspecified atom stereocenters. The third-order valence-corrected chi connectivity index (χ3v) is 6.46. The Bertz CT molecular complexity index is 843. The van der Waals surface area contributed by atoms with Gasteiger partial charge >= 0.3 is 11.9 Å². The van der Waals surface area contributed by atoms with Crippen LogP contribution in [0.3, 0.4) is 0 Å². The van der Waals surface area contributed by atoms with Crippen LogP contribution >= 0.6 is 23.1 Å². The van der Waals surface area contributed by atoms with Crippen molar-refractivity contribution in [1.29, 1.82) is 0 Å². The largest absolute Gasteiger partial charge is 0.462 e. The van der Waals surface area contributed by atoms with Crippen molar-refractivity contribution in [3.05, 3.63) is 21.8 Å². The van der Waals surface area contributed by atoms with Gasteiger partial charge in [0.05, 0.1) is 18.8 Å². The van der Waals surface area contributed by atoms with Crippen LogP contribution in [0.1, 0.15) is 76.9 Å². The standard InChI is InChI=1S/C18H24N4O4S2/c1-3-25-16(23)12-11(13(28-14(12)19)17(24)26-4-2)9-27-18-20-15(21-22-18)10-7-5-6-8-10/h10H,3-9,19H2,1-2H3,(H,20,21,22). The summed E-state index contributed by atoms with van der Waals surface area (Å²) >= 11 is 2.39. The Kier molecular flexibility index (Phi) is 6.95. The number of esters is 2. The molecule has 1 saturated carbocycles. The van der Waals surface area contributed by atoms with E-state index >= 15 is 0 Å². The van der Waals surface area contributed by atoms with Crippen molar-refractivity contribution in [2.75, 3.05) is 18.9 Å². The van der Waals surface area contributed by atoms with Gasteiger partial charge in [0.2, 0.25) is 5.16 Å². The molecule has 0 saturated heterocycles. The van der Waals surface area contributed by atoms with E-state index in [-0.39, 0.29) is 23.8 Å². The minimum atomic E-state index is -0.538. The molecule has 8 nitrogen and oxygen atoms in total. The van der Waals surface area contributed by atoms with Crippen LogP contribution in [0.5, 0.6) is 0 Å². The van der Waals surface area contributed by atoms with Crippen molar-refractivity contribution in [3.8, 4) is 0 Å². The van der Waals surface area contributed by atoms with Gasteiger partial charge in [-0.3, -0.25) is 5.10 Å². The monoisotopic (exact) mass is 424 g/mol. The Morgan fingerprint density at radius 1 is 1.21 bits per heavy atom. The fourth-order valence-electron chi connectivity index (χ4n) is 3.25. The molecular formula is C18H24N4O4S2. The maximum Gasteiger partial charge on any atom is 0.348 e. The van der Waals surface area contributed by atoms with Gasteiger partial charge in [0.25, 0.3) is 0 Å². The smallest absolute Gasteiger partial charge is 0.348 e. The molecule has 10 heteroatoms. The number of nitrogens with zero attached hydrogens (tertiary/aromatic N) is 2. The van der Waals surface area contributed by atoms with E-state index in [9.17, 15) is 9.59 Å². The molecule has 2 aromatic heterocycles. The van der Waals surface area contributed by atoms with Gasteiger partial charge in [0.15, 0.2) is 0 Å². The summed E-state index contributed by atoms with van der Waals surface area (Å²) in [6.07, 6.45) is 4.68. The van der Waals surface area contributed by atoms with Crippen molar-refractivity contribution in [3.63, 3.8) is 0 Å². The number of thiophene rings is 1. The van der Waals surface area contributed by atoms with Crippen LogP contribution in [0.25, 0.3) is 0 Å². The Balaban J connectivity index is 1.82. The second-order valence-corrected chi connectivity index (χ2v) is 8.36. The lowest BCUT2D eigenvalue weighted by atomic mass is 10.1. The van der Waals surface area contributed by atoms with Crippen molar-refractivity contribution in [2.24, 2.45) is 0 Å². The summed E-state index contributed by atoms with van der Waals surface area (Å²) in [6, 6.07) is 0. The Morgan fingerprint density at radius 2 is 1.89 bits per heavy atom.